The SMILES string of the molecule is CCN(CC)CC12CCC(c3ccccc31)c1ccc(Cl)cc12. The third-order valence-electron chi connectivity index (χ3n) is 6.01. The summed E-state index contributed by atoms with van der Waals surface area (Å²) in [5.41, 5.74) is 6.18. The van der Waals surface area contributed by atoms with Gasteiger partial charge in [-0.1, -0.05) is 55.8 Å². The number of likely N-dealkylation sites (N-methyl/N-ethyl adjacent to an activating group) is 1. The second kappa shape index (κ2) is 5.65. The molecule has 2 unspecified atom stereocenters. The number of halogens is 1. The molecule has 3 aliphatic carbocycles. The topological polar surface area (TPSA) is 3.24 Å². The Morgan fingerprint density at radius 1 is 1.04 bits per heavy atom. The minimum absolute atomic E-state index is 0.109. The van der Waals surface area contributed by atoms with Gasteiger partial charge in [0.05, 0.1) is 0 Å². The smallest absolute Gasteiger partial charge is 0.0409 e. The van der Waals surface area contributed by atoms with Gasteiger partial charge in [-0.3, -0.25) is 0 Å². The summed E-state index contributed by atoms with van der Waals surface area (Å²) in [6, 6.07) is 15.7. The van der Waals surface area contributed by atoms with Crippen LogP contribution in [0.4, 0.5) is 0 Å². The third-order valence-corrected chi connectivity index (χ3v) is 6.24. The minimum Gasteiger partial charge on any atom is -0.303 e. The van der Waals surface area contributed by atoms with Crippen molar-refractivity contribution in [2.45, 2.75) is 38.0 Å². The molecule has 2 aromatic carbocycles. The van der Waals surface area contributed by atoms with E-state index in [1.165, 1.54) is 29.5 Å². The molecule has 2 atom stereocenters. The first-order valence-corrected chi connectivity index (χ1v) is 9.19. The normalized spacial score (nSPS) is 24.6. The van der Waals surface area contributed by atoms with Gasteiger partial charge in [0.2, 0.25) is 0 Å². The lowest BCUT2D eigenvalue weighted by atomic mass is 9.55. The molecule has 3 aliphatic rings. The first kappa shape index (κ1) is 15.2. The summed E-state index contributed by atoms with van der Waals surface area (Å²) in [5, 5.41) is 0.868. The molecule has 0 heterocycles. The maximum absolute atomic E-state index is 6.39. The van der Waals surface area contributed by atoms with Crippen molar-refractivity contribution in [1.29, 1.82) is 0 Å². The second-order valence-corrected chi connectivity index (χ2v) is 7.39. The van der Waals surface area contributed by atoms with Crippen LogP contribution in [0.2, 0.25) is 5.02 Å². The predicted molar refractivity (Wildman–Crippen MR) is 97.5 cm³/mol. The molecule has 2 heteroatoms. The van der Waals surface area contributed by atoms with Crippen molar-refractivity contribution >= 4 is 11.6 Å². The number of hydrogen-bond acceptors (Lipinski definition) is 1. The molecule has 120 valence electrons. The quantitative estimate of drug-likeness (QED) is 0.746. The predicted octanol–water partition coefficient (Wildman–Crippen LogP) is 5.21. The summed E-state index contributed by atoms with van der Waals surface area (Å²) in [6.07, 6.45) is 2.49. The van der Waals surface area contributed by atoms with E-state index in [0.717, 1.165) is 24.7 Å². The fourth-order valence-electron chi connectivity index (χ4n) is 4.85. The summed E-state index contributed by atoms with van der Waals surface area (Å²) in [6.45, 7) is 7.81. The van der Waals surface area contributed by atoms with Gasteiger partial charge in [-0.05, 0) is 60.3 Å². The van der Waals surface area contributed by atoms with E-state index in [0.29, 0.717) is 5.92 Å². The van der Waals surface area contributed by atoms with E-state index in [1.807, 2.05) is 0 Å². The van der Waals surface area contributed by atoms with Crippen LogP contribution >= 0.6 is 11.6 Å². The fourth-order valence-corrected chi connectivity index (χ4v) is 5.02. The fraction of sp³-hybridized carbons (Fsp3) is 0.429. The Labute approximate surface area is 144 Å². The van der Waals surface area contributed by atoms with Crippen molar-refractivity contribution in [3.8, 4) is 0 Å². The molecular formula is C21H24ClN. The monoisotopic (exact) mass is 325 g/mol. The molecule has 0 spiro atoms. The van der Waals surface area contributed by atoms with Crippen LogP contribution < -0.4 is 0 Å². The van der Waals surface area contributed by atoms with E-state index >= 15 is 0 Å². The van der Waals surface area contributed by atoms with Gasteiger partial charge in [-0.15, -0.1) is 0 Å². The molecule has 0 saturated heterocycles. The van der Waals surface area contributed by atoms with Gasteiger partial charge in [-0.2, -0.15) is 0 Å². The summed E-state index contributed by atoms with van der Waals surface area (Å²) >= 11 is 6.39. The molecular weight excluding hydrogens is 302 g/mol. The summed E-state index contributed by atoms with van der Waals surface area (Å²) in [4.78, 5) is 2.56. The highest BCUT2D eigenvalue weighted by molar-refractivity contribution is 6.30. The third kappa shape index (κ3) is 2.17. The average Bonchev–Trinajstić information content (AvgIpc) is 2.60. The first-order chi connectivity index (χ1) is 11.2. The molecule has 1 nitrogen and oxygen atoms in total. The Morgan fingerprint density at radius 2 is 1.78 bits per heavy atom. The Kier molecular flexibility index (Phi) is 3.74. The lowest BCUT2D eigenvalue weighted by molar-refractivity contribution is 0.217. The second-order valence-electron chi connectivity index (χ2n) is 6.95. The Morgan fingerprint density at radius 3 is 2.57 bits per heavy atom. The van der Waals surface area contributed by atoms with E-state index in [2.05, 4.69) is 61.2 Å². The van der Waals surface area contributed by atoms with Crippen molar-refractivity contribution in [1.82, 2.24) is 4.90 Å². The van der Waals surface area contributed by atoms with Crippen LogP contribution in [0, 0.1) is 0 Å². The molecule has 0 amide bonds. The molecule has 5 rings (SSSR count). The van der Waals surface area contributed by atoms with Gasteiger partial charge in [0.15, 0.2) is 0 Å². The van der Waals surface area contributed by atoms with E-state index in [4.69, 9.17) is 11.6 Å². The number of benzene rings is 2. The number of hydrogen-bond donors (Lipinski definition) is 0. The zero-order valence-corrected chi connectivity index (χ0v) is 14.7. The number of nitrogens with zero attached hydrogens (tertiary/aromatic N) is 1. The summed E-state index contributed by atoms with van der Waals surface area (Å²) < 4.78 is 0. The lowest BCUT2D eigenvalue weighted by Gasteiger charge is -2.51. The molecule has 2 aromatic rings. The highest BCUT2D eigenvalue weighted by atomic mass is 35.5. The van der Waals surface area contributed by atoms with Crippen molar-refractivity contribution in [3.05, 3.63) is 69.7 Å². The minimum atomic E-state index is 0.109. The van der Waals surface area contributed by atoms with Gasteiger partial charge in [0.25, 0.3) is 0 Å². The van der Waals surface area contributed by atoms with E-state index in [-0.39, 0.29) is 5.41 Å². The largest absolute Gasteiger partial charge is 0.303 e. The molecule has 0 fully saturated rings. The lowest BCUT2D eigenvalue weighted by Crippen LogP contribution is -2.48. The van der Waals surface area contributed by atoms with Gasteiger partial charge in [0, 0.05) is 22.9 Å². The molecule has 0 saturated carbocycles. The van der Waals surface area contributed by atoms with E-state index < -0.39 is 0 Å². The summed E-state index contributed by atoms with van der Waals surface area (Å²) in [7, 11) is 0. The standard InChI is InChI=1S/C21H24ClN/c1-3-23(4-2)14-21-12-11-16(17-7-5-6-8-19(17)21)18-10-9-15(22)13-20(18)21/h5-10,13,16H,3-4,11-12,14H2,1-2H3. The van der Waals surface area contributed by atoms with Crippen molar-refractivity contribution < 1.29 is 0 Å². The van der Waals surface area contributed by atoms with Crippen LogP contribution in [0.1, 0.15) is 54.9 Å². The van der Waals surface area contributed by atoms with E-state index in [9.17, 15) is 0 Å². The Bertz CT molecular complexity index is 734. The molecule has 0 radical (unpaired) electrons. The zero-order valence-electron chi connectivity index (χ0n) is 14.0. The van der Waals surface area contributed by atoms with Crippen molar-refractivity contribution in [2.75, 3.05) is 19.6 Å². The molecule has 0 N–H and O–H groups in total. The van der Waals surface area contributed by atoms with E-state index in [1.54, 1.807) is 5.56 Å². The van der Waals surface area contributed by atoms with Gasteiger partial charge < -0.3 is 4.90 Å². The highest BCUT2D eigenvalue weighted by Crippen LogP contribution is 2.56. The molecule has 2 bridgehead atoms. The van der Waals surface area contributed by atoms with Crippen LogP contribution in [0.3, 0.4) is 0 Å². The Hall–Kier alpha value is -1.31. The highest BCUT2D eigenvalue weighted by Gasteiger charge is 2.48. The van der Waals surface area contributed by atoms with Gasteiger partial charge >= 0.3 is 0 Å². The molecule has 23 heavy (non-hydrogen) atoms. The first-order valence-electron chi connectivity index (χ1n) is 8.81. The number of fused-ring (bicyclic) bond motifs is 1. The maximum atomic E-state index is 6.39. The van der Waals surface area contributed by atoms with Gasteiger partial charge in [0.1, 0.15) is 0 Å². The van der Waals surface area contributed by atoms with Crippen LogP contribution in [0.15, 0.2) is 42.5 Å². The van der Waals surface area contributed by atoms with Gasteiger partial charge in [-0.25, -0.2) is 0 Å². The molecule has 0 aromatic heterocycles. The van der Waals surface area contributed by atoms with Crippen LogP contribution in [-0.2, 0) is 5.41 Å². The Balaban J connectivity index is 1.95. The average molecular weight is 326 g/mol. The van der Waals surface area contributed by atoms with Crippen LogP contribution in [0.5, 0.6) is 0 Å². The molecule has 0 aliphatic heterocycles. The van der Waals surface area contributed by atoms with Crippen LogP contribution in [0.25, 0.3) is 0 Å². The van der Waals surface area contributed by atoms with Crippen molar-refractivity contribution in [2.24, 2.45) is 0 Å². The van der Waals surface area contributed by atoms with Crippen molar-refractivity contribution in [3.63, 3.8) is 0 Å². The van der Waals surface area contributed by atoms with Crippen LogP contribution in [-0.4, -0.2) is 24.5 Å². The zero-order chi connectivity index (χ0) is 16.0. The summed E-state index contributed by atoms with van der Waals surface area (Å²) in [5.74, 6) is 0.553. The number of rotatable bonds is 4. The maximum Gasteiger partial charge on any atom is 0.0409 e.